The summed E-state index contributed by atoms with van der Waals surface area (Å²) in [4.78, 5) is 2.54. The number of hydrogen-bond donors (Lipinski definition) is 1. The SMILES string of the molecule is C=C(CS)CN1CCCC(C(C)C)CC1. The van der Waals surface area contributed by atoms with Gasteiger partial charge in [0.2, 0.25) is 0 Å². The van der Waals surface area contributed by atoms with Crippen molar-refractivity contribution in [2.75, 3.05) is 25.4 Å². The maximum absolute atomic E-state index is 4.27. The van der Waals surface area contributed by atoms with Gasteiger partial charge in [0.05, 0.1) is 0 Å². The monoisotopic (exact) mass is 227 g/mol. The van der Waals surface area contributed by atoms with Gasteiger partial charge in [0.1, 0.15) is 0 Å². The summed E-state index contributed by atoms with van der Waals surface area (Å²) in [6.07, 6.45) is 4.11. The van der Waals surface area contributed by atoms with Crippen LogP contribution in [0, 0.1) is 11.8 Å². The van der Waals surface area contributed by atoms with E-state index in [0.29, 0.717) is 0 Å². The van der Waals surface area contributed by atoms with Crippen LogP contribution in [0.2, 0.25) is 0 Å². The van der Waals surface area contributed by atoms with Crippen LogP contribution in [0.25, 0.3) is 0 Å². The van der Waals surface area contributed by atoms with E-state index < -0.39 is 0 Å². The molecule has 1 aliphatic heterocycles. The first-order chi connectivity index (χ1) is 7.13. The number of nitrogens with zero attached hydrogens (tertiary/aromatic N) is 1. The van der Waals surface area contributed by atoms with Crippen molar-refractivity contribution in [3.63, 3.8) is 0 Å². The van der Waals surface area contributed by atoms with Gasteiger partial charge in [0.25, 0.3) is 0 Å². The lowest BCUT2D eigenvalue weighted by Gasteiger charge is -2.21. The molecule has 1 heterocycles. The molecular weight excluding hydrogens is 202 g/mol. The Kier molecular flexibility index (Phi) is 5.77. The Labute approximate surface area is 100 Å². The molecule has 0 aliphatic carbocycles. The van der Waals surface area contributed by atoms with E-state index in [1.165, 1.54) is 37.9 Å². The zero-order chi connectivity index (χ0) is 11.3. The fraction of sp³-hybridized carbons (Fsp3) is 0.846. The van der Waals surface area contributed by atoms with Crippen LogP contribution in [0.15, 0.2) is 12.2 Å². The number of likely N-dealkylation sites (tertiary alicyclic amines) is 1. The van der Waals surface area contributed by atoms with Crippen LogP contribution in [-0.2, 0) is 0 Å². The van der Waals surface area contributed by atoms with Crippen molar-refractivity contribution >= 4 is 12.6 Å². The highest BCUT2D eigenvalue weighted by Gasteiger charge is 2.19. The van der Waals surface area contributed by atoms with Gasteiger partial charge >= 0.3 is 0 Å². The van der Waals surface area contributed by atoms with Gasteiger partial charge in [-0.3, -0.25) is 4.90 Å². The Balaban J connectivity index is 2.35. The van der Waals surface area contributed by atoms with Crippen LogP contribution < -0.4 is 0 Å². The van der Waals surface area contributed by atoms with Crippen molar-refractivity contribution in [2.45, 2.75) is 33.1 Å². The minimum atomic E-state index is 0.824. The zero-order valence-corrected chi connectivity index (χ0v) is 11.1. The Morgan fingerprint density at radius 1 is 1.40 bits per heavy atom. The van der Waals surface area contributed by atoms with Gasteiger partial charge < -0.3 is 0 Å². The topological polar surface area (TPSA) is 3.24 Å². The van der Waals surface area contributed by atoms with Crippen molar-refractivity contribution in [1.29, 1.82) is 0 Å². The van der Waals surface area contributed by atoms with E-state index in [0.717, 1.165) is 24.1 Å². The largest absolute Gasteiger partial charge is 0.299 e. The first-order valence-corrected chi connectivity index (χ1v) is 6.76. The molecule has 0 saturated carbocycles. The maximum atomic E-state index is 4.27. The van der Waals surface area contributed by atoms with E-state index in [2.05, 4.69) is 38.0 Å². The van der Waals surface area contributed by atoms with Crippen LogP contribution >= 0.6 is 12.6 Å². The lowest BCUT2D eigenvalue weighted by atomic mass is 9.89. The molecule has 1 unspecified atom stereocenters. The highest BCUT2D eigenvalue weighted by molar-refractivity contribution is 7.80. The van der Waals surface area contributed by atoms with Crippen LogP contribution in [0.3, 0.4) is 0 Å². The van der Waals surface area contributed by atoms with Crippen LogP contribution in [-0.4, -0.2) is 30.3 Å². The summed E-state index contributed by atoms with van der Waals surface area (Å²) in [5, 5.41) is 0. The molecule has 2 heteroatoms. The predicted octanol–water partition coefficient (Wildman–Crippen LogP) is 3.23. The number of hydrogen-bond acceptors (Lipinski definition) is 2. The van der Waals surface area contributed by atoms with Gasteiger partial charge in [0, 0.05) is 12.3 Å². The molecule has 1 atom stereocenters. The van der Waals surface area contributed by atoms with E-state index in [1.807, 2.05) is 0 Å². The summed E-state index contributed by atoms with van der Waals surface area (Å²) < 4.78 is 0. The fourth-order valence-electron chi connectivity index (χ4n) is 2.37. The Morgan fingerprint density at radius 2 is 2.13 bits per heavy atom. The van der Waals surface area contributed by atoms with Gasteiger partial charge in [-0.25, -0.2) is 0 Å². The number of thiol groups is 1. The van der Waals surface area contributed by atoms with Crippen molar-refractivity contribution in [3.05, 3.63) is 12.2 Å². The standard InChI is InChI=1S/C13H25NS/c1-11(2)13-5-4-7-14(8-6-13)9-12(3)10-15/h11,13,15H,3-10H2,1-2H3. The van der Waals surface area contributed by atoms with E-state index >= 15 is 0 Å². The molecule has 0 aromatic heterocycles. The van der Waals surface area contributed by atoms with E-state index in [9.17, 15) is 0 Å². The summed E-state index contributed by atoms with van der Waals surface area (Å²) in [7, 11) is 0. The molecule has 0 amide bonds. The first-order valence-electron chi connectivity index (χ1n) is 6.13. The summed E-state index contributed by atoms with van der Waals surface area (Å²) in [5.41, 5.74) is 1.25. The quantitative estimate of drug-likeness (QED) is 0.570. The average molecular weight is 227 g/mol. The van der Waals surface area contributed by atoms with Gasteiger partial charge in [0.15, 0.2) is 0 Å². The first kappa shape index (κ1) is 13.1. The highest BCUT2D eigenvalue weighted by Crippen LogP contribution is 2.24. The summed E-state index contributed by atoms with van der Waals surface area (Å²) >= 11 is 4.27. The molecule has 15 heavy (non-hydrogen) atoms. The third-order valence-corrected chi connectivity index (χ3v) is 3.93. The molecule has 1 aliphatic rings. The van der Waals surface area contributed by atoms with E-state index in [4.69, 9.17) is 0 Å². The van der Waals surface area contributed by atoms with Gasteiger partial charge in [-0.05, 0) is 44.2 Å². The molecular formula is C13H25NS. The third kappa shape index (κ3) is 4.60. The lowest BCUT2D eigenvalue weighted by Crippen LogP contribution is -2.27. The van der Waals surface area contributed by atoms with Gasteiger partial charge in [-0.1, -0.05) is 26.0 Å². The van der Waals surface area contributed by atoms with Gasteiger partial charge in [-0.2, -0.15) is 12.6 Å². The molecule has 0 bridgehead atoms. The zero-order valence-electron chi connectivity index (χ0n) is 10.2. The Hall–Kier alpha value is 0.0500. The van der Waals surface area contributed by atoms with Crippen LogP contribution in [0.5, 0.6) is 0 Å². The molecule has 0 radical (unpaired) electrons. The fourth-order valence-corrected chi connectivity index (χ4v) is 2.47. The second kappa shape index (κ2) is 6.59. The van der Waals surface area contributed by atoms with Crippen molar-refractivity contribution < 1.29 is 0 Å². The van der Waals surface area contributed by atoms with Crippen molar-refractivity contribution in [3.8, 4) is 0 Å². The molecule has 1 saturated heterocycles. The Bertz CT molecular complexity index is 201. The average Bonchev–Trinajstić information content (AvgIpc) is 2.43. The van der Waals surface area contributed by atoms with Crippen molar-refractivity contribution in [2.24, 2.45) is 11.8 Å². The predicted molar refractivity (Wildman–Crippen MR) is 71.6 cm³/mol. The number of rotatable bonds is 4. The van der Waals surface area contributed by atoms with Crippen molar-refractivity contribution in [1.82, 2.24) is 4.90 Å². The van der Waals surface area contributed by atoms with Crippen LogP contribution in [0.1, 0.15) is 33.1 Å². The lowest BCUT2D eigenvalue weighted by molar-refractivity contribution is 0.291. The summed E-state index contributed by atoms with van der Waals surface area (Å²) in [5.74, 6) is 2.60. The molecule has 0 aromatic rings. The second-order valence-corrected chi connectivity index (χ2v) is 5.44. The molecule has 1 rings (SSSR count). The van der Waals surface area contributed by atoms with E-state index in [1.54, 1.807) is 0 Å². The maximum Gasteiger partial charge on any atom is 0.0198 e. The molecule has 1 fully saturated rings. The molecule has 0 aromatic carbocycles. The third-order valence-electron chi connectivity index (χ3n) is 3.48. The minimum Gasteiger partial charge on any atom is -0.299 e. The van der Waals surface area contributed by atoms with Crippen LogP contribution in [0.4, 0.5) is 0 Å². The smallest absolute Gasteiger partial charge is 0.0198 e. The van der Waals surface area contributed by atoms with E-state index in [-0.39, 0.29) is 0 Å². The summed E-state index contributed by atoms with van der Waals surface area (Å²) in [6.45, 7) is 12.3. The highest BCUT2D eigenvalue weighted by atomic mass is 32.1. The van der Waals surface area contributed by atoms with Gasteiger partial charge in [-0.15, -0.1) is 0 Å². The minimum absolute atomic E-state index is 0.824. The molecule has 0 spiro atoms. The normalized spacial score (nSPS) is 24.1. The second-order valence-electron chi connectivity index (χ2n) is 5.12. The molecule has 0 N–H and O–H groups in total. The summed E-state index contributed by atoms with van der Waals surface area (Å²) in [6, 6.07) is 0. The molecule has 88 valence electrons. The molecule has 1 nitrogen and oxygen atoms in total. The Morgan fingerprint density at radius 3 is 2.73 bits per heavy atom.